The first-order chi connectivity index (χ1) is 6.92. The van der Waals surface area contributed by atoms with Crippen LogP contribution in [0, 0.1) is 5.92 Å². The molecule has 0 bridgehead atoms. The van der Waals surface area contributed by atoms with Crippen molar-refractivity contribution in [3.05, 3.63) is 0 Å². The van der Waals surface area contributed by atoms with E-state index in [2.05, 4.69) is 10.2 Å². The van der Waals surface area contributed by atoms with Crippen molar-refractivity contribution in [2.45, 2.75) is 50.6 Å². The van der Waals surface area contributed by atoms with Gasteiger partial charge in [0.2, 0.25) is 0 Å². The summed E-state index contributed by atoms with van der Waals surface area (Å²) >= 11 is 0. The van der Waals surface area contributed by atoms with Crippen LogP contribution in [-0.4, -0.2) is 36.6 Å². The molecule has 0 amide bonds. The number of rotatable bonds is 5. The van der Waals surface area contributed by atoms with Crippen molar-refractivity contribution in [3.63, 3.8) is 0 Å². The molecule has 1 atom stereocenters. The molecular weight excluding hydrogens is 172 g/mol. The van der Waals surface area contributed by atoms with Crippen LogP contribution in [0.1, 0.15) is 38.5 Å². The Morgan fingerprint density at radius 1 is 1.07 bits per heavy atom. The summed E-state index contributed by atoms with van der Waals surface area (Å²) in [6.45, 7) is 3.95. The first-order valence-corrected chi connectivity index (χ1v) is 6.39. The highest BCUT2D eigenvalue weighted by atomic mass is 15.2. The number of hydrogen-bond acceptors (Lipinski definition) is 2. The Morgan fingerprint density at radius 2 is 1.93 bits per heavy atom. The Hall–Kier alpha value is -0.0800. The molecule has 3 fully saturated rings. The first-order valence-electron chi connectivity index (χ1n) is 6.39. The predicted molar refractivity (Wildman–Crippen MR) is 58.3 cm³/mol. The van der Waals surface area contributed by atoms with Crippen molar-refractivity contribution in [3.8, 4) is 0 Å². The number of nitrogens with zero attached hydrogens (tertiary/aromatic N) is 1. The second kappa shape index (κ2) is 3.82. The Balaban J connectivity index is 1.33. The molecule has 2 aliphatic carbocycles. The Bertz CT molecular complexity index is 196. The lowest BCUT2D eigenvalue weighted by atomic mass is 10.2. The molecule has 14 heavy (non-hydrogen) atoms. The van der Waals surface area contributed by atoms with Crippen molar-refractivity contribution in [2.75, 3.05) is 19.6 Å². The van der Waals surface area contributed by atoms with Gasteiger partial charge in [-0.3, -0.25) is 4.90 Å². The zero-order chi connectivity index (χ0) is 9.38. The van der Waals surface area contributed by atoms with Crippen LogP contribution in [0.25, 0.3) is 0 Å². The molecule has 80 valence electrons. The second-order valence-corrected chi connectivity index (χ2v) is 5.40. The van der Waals surface area contributed by atoms with E-state index in [9.17, 15) is 0 Å². The van der Waals surface area contributed by atoms with E-state index in [1.54, 1.807) is 0 Å². The van der Waals surface area contributed by atoms with Crippen LogP contribution in [0.15, 0.2) is 0 Å². The van der Waals surface area contributed by atoms with Gasteiger partial charge in [0.15, 0.2) is 0 Å². The number of nitrogens with one attached hydrogen (secondary N) is 1. The van der Waals surface area contributed by atoms with E-state index in [0.717, 1.165) is 18.0 Å². The summed E-state index contributed by atoms with van der Waals surface area (Å²) in [5.74, 6) is 1.09. The molecule has 1 saturated heterocycles. The van der Waals surface area contributed by atoms with E-state index >= 15 is 0 Å². The van der Waals surface area contributed by atoms with Gasteiger partial charge >= 0.3 is 0 Å². The Labute approximate surface area is 87.0 Å². The molecule has 0 aromatic rings. The summed E-state index contributed by atoms with van der Waals surface area (Å²) in [7, 11) is 0. The summed E-state index contributed by atoms with van der Waals surface area (Å²) in [5.41, 5.74) is 0. The summed E-state index contributed by atoms with van der Waals surface area (Å²) in [5, 5.41) is 3.72. The average molecular weight is 194 g/mol. The molecule has 2 saturated carbocycles. The summed E-state index contributed by atoms with van der Waals surface area (Å²) in [6, 6.07) is 1.79. The van der Waals surface area contributed by atoms with Gasteiger partial charge in [0.25, 0.3) is 0 Å². The average Bonchev–Trinajstić information content (AvgIpc) is 3.07. The fourth-order valence-corrected chi connectivity index (χ4v) is 2.62. The third-order valence-corrected chi connectivity index (χ3v) is 3.97. The Kier molecular flexibility index (Phi) is 2.50. The maximum Gasteiger partial charge on any atom is 0.0207 e. The van der Waals surface area contributed by atoms with Crippen molar-refractivity contribution >= 4 is 0 Å². The van der Waals surface area contributed by atoms with Crippen LogP contribution < -0.4 is 5.32 Å². The minimum absolute atomic E-state index is 0.814. The van der Waals surface area contributed by atoms with Gasteiger partial charge in [-0.15, -0.1) is 0 Å². The molecule has 3 rings (SSSR count). The van der Waals surface area contributed by atoms with Crippen molar-refractivity contribution in [1.82, 2.24) is 10.2 Å². The van der Waals surface area contributed by atoms with E-state index in [0.29, 0.717) is 0 Å². The molecular formula is C12H22N2. The minimum atomic E-state index is 0.814. The van der Waals surface area contributed by atoms with E-state index in [-0.39, 0.29) is 0 Å². The van der Waals surface area contributed by atoms with Crippen LogP contribution in [0.3, 0.4) is 0 Å². The van der Waals surface area contributed by atoms with Crippen LogP contribution in [0.2, 0.25) is 0 Å². The minimum Gasteiger partial charge on any atom is -0.313 e. The quantitative estimate of drug-likeness (QED) is 0.715. The highest BCUT2D eigenvalue weighted by Crippen LogP contribution is 2.32. The van der Waals surface area contributed by atoms with E-state index in [1.165, 1.54) is 58.2 Å². The molecule has 1 heterocycles. The van der Waals surface area contributed by atoms with Gasteiger partial charge in [-0.1, -0.05) is 12.8 Å². The molecule has 0 radical (unpaired) electrons. The maximum absolute atomic E-state index is 3.72. The lowest BCUT2D eigenvalue weighted by Gasteiger charge is -2.15. The monoisotopic (exact) mass is 194 g/mol. The molecule has 0 aromatic heterocycles. The highest BCUT2D eigenvalue weighted by molar-refractivity contribution is 4.91. The van der Waals surface area contributed by atoms with E-state index in [4.69, 9.17) is 0 Å². The number of likely N-dealkylation sites (tertiary alicyclic amines) is 1. The van der Waals surface area contributed by atoms with Gasteiger partial charge in [0.05, 0.1) is 0 Å². The predicted octanol–water partition coefficient (Wildman–Crippen LogP) is 1.61. The van der Waals surface area contributed by atoms with Gasteiger partial charge in [-0.05, 0) is 38.1 Å². The van der Waals surface area contributed by atoms with Crippen molar-refractivity contribution < 1.29 is 0 Å². The topological polar surface area (TPSA) is 15.3 Å². The van der Waals surface area contributed by atoms with Gasteiger partial charge in [0.1, 0.15) is 0 Å². The van der Waals surface area contributed by atoms with Crippen LogP contribution in [0.4, 0.5) is 0 Å². The fourth-order valence-electron chi connectivity index (χ4n) is 2.62. The molecule has 1 aliphatic heterocycles. The molecule has 1 N–H and O–H groups in total. The normalized spacial score (nSPS) is 33.9. The molecule has 2 nitrogen and oxygen atoms in total. The summed E-state index contributed by atoms with van der Waals surface area (Å²) in [6.07, 6.45) is 8.76. The molecule has 1 unspecified atom stereocenters. The van der Waals surface area contributed by atoms with Gasteiger partial charge in [-0.2, -0.15) is 0 Å². The zero-order valence-corrected chi connectivity index (χ0v) is 9.04. The second-order valence-electron chi connectivity index (χ2n) is 5.40. The van der Waals surface area contributed by atoms with Gasteiger partial charge < -0.3 is 5.32 Å². The summed E-state index contributed by atoms with van der Waals surface area (Å²) < 4.78 is 0. The van der Waals surface area contributed by atoms with Gasteiger partial charge in [-0.25, -0.2) is 0 Å². The molecule has 2 heteroatoms. The molecule has 0 spiro atoms. The lowest BCUT2D eigenvalue weighted by molar-refractivity contribution is 0.317. The van der Waals surface area contributed by atoms with Crippen LogP contribution >= 0.6 is 0 Å². The fraction of sp³-hybridized carbons (Fsp3) is 1.00. The Morgan fingerprint density at radius 3 is 2.64 bits per heavy atom. The SMILES string of the molecule is C(CC1CC1)NC1CCN(C2CC2)C1. The maximum atomic E-state index is 3.72. The standard InChI is InChI=1S/C12H22N2/c1-2-10(1)5-7-13-11-6-8-14(9-11)12-3-4-12/h10-13H,1-9H2. The first kappa shape index (κ1) is 9.17. The third-order valence-electron chi connectivity index (χ3n) is 3.97. The molecule has 3 aliphatic rings. The smallest absolute Gasteiger partial charge is 0.0207 e. The highest BCUT2D eigenvalue weighted by Gasteiger charge is 2.34. The van der Waals surface area contributed by atoms with Crippen molar-refractivity contribution in [2.24, 2.45) is 5.92 Å². The van der Waals surface area contributed by atoms with E-state index < -0.39 is 0 Å². The van der Waals surface area contributed by atoms with Crippen LogP contribution in [0.5, 0.6) is 0 Å². The van der Waals surface area contributed by atoms with Crippen molar-refractivity contribution in [1.29, 1.82) is 0 Å². The zero-order valence-electron chi connectivity index (χ0n) is 9.04. The summed E-state index contributed by atoms with van der Waals surface area (Å²) in [4.78, 5) is 2.69. The van der Waals surface area contributed by atoms with E-state index in [1.807, 2.05) is 0 Å². The lowest BCUT2D eigenvalue weighted by Crippen LogP contribution is -2.33. The van der Waals surface area contributed by atoms with Gasteiger partial charge in [0, 0.05) is 25.2 Å². The molecule has 0 aromatic carbocycles. The van der Waals surface area contributed by atoms with Crippen LogP contribution in [-0.2, 0) is 0 Å². The largest absolute Gasteiger partial charge is 0.313 e. The number of hydrogen-bond donors (Lipinski definition) is 1. The third kappa shape index (κ3) is 2.29.